The largest absolute Gasteiger partial charge is 0.372 e. The summed E-state index contributed by atoms with van der Waals surface area (Å²) < 4.78 is 0. The minimum atomic E-state index is -0.0158. The normalized spacial score (nSPS) is 21.4. The number of amides is 1. The van der Waals surface area contributed by atoms with Crippen LogP contribution in [0.5, 0.6) is 0 Å². The van der Waals surface area contributed by atoms with Crippen LogP contribution in [0.1, 0.15) is 50.6 Å². The molecule has 1 aromatic rings. The molecule has 2 aliphatic rings. The van der Waals surface area contributed by atoms with E-state index >= 15 is 0 Å². The van der Waals surface area contributed by atoms with Gasteiger partial charge in [-0.2, -0.15) is 0 Å². The third-order valence-electron chi connectivity index (χ3n) is 4.83. The smallest absolute Gasteiger partial charge is 0.237 e. The standard InChI is InChI=1S/C18H27N3O.2ClH/c1-14(20-18(22)17-9-2-3-10-19-17)15-7-6-8-16(13-15)21-11-4-5-12-21;;/h6-8,13-14,17,19H,2-5,9-12H2,1H3,(H,20,22);2*1H/t14?,17-;;/m1../s1. The summed E-state index contributed by atoms with van der Waals surface area (Å²) >= 11 is 0. The first-order valence-corrected chi connectivity index (χ1v) is 8.63. The fourth-order valence-electron chi connectivity index (χ4n) is 3.44. The van der Waals surface area contributed by atoms with Crippen molar-refractivity contribution < 1.29 is 4.79 Å². The highest BCUT2D eigenvalue weighted by molar-refractivity contribution is 5.85. The van der Waals surface area contributed by atoms with Gasteiger partial charge in [0.2, 0.25) is 5.91 Å². The van der Waals surface area contributed by atoms with Gasteiger partial charge in [-0.25, -0.2) is 0 Å². The summed E-state index contributed by atoms with van der Waals surface area (Å²) in [6, 6.07) is 8.65. The van der Waals surface area contributed by atoms with Crippen molar-refractivity contribution in [2.45, 2.75) is 51.1 Å². The van der Waals surface area contributed by atoms with Gasteiger partial charge >= 0.3 is 0 Å². The molecule has 3 rings (SSSR count). The van der Waals surface area contributed by atoms with Gasteiger partial charge in [0.25, 0.3) is 0 Å². The molecule has 0 bridgehead atoms. The Balaban J connectivity index is 0.00000144. The quantitative estimate of drug-likeness (QED) is 0.849. The molecule has 1 aromatic carbocycles. The fraction of sp³-hybridized carbons (Fsp3) is 0.611. The minimum Gasteiger partial charge on any atom is -0.372 e. The van der Waals surface area contributed by atoms with Crippen LogP contribution in [0, 0.1) is 0 Å². The summed E-state index contributed by atoms with van der Waals surface area (Å²) in [6.45, 7) is 5.33. The van der Waals surface area contributed by atoms with Crippen molar-refractivity contribution in [2.24, 2.45) is 0 Å². The first-order valence-electron chi connectivity index (χ1n) is 8.63. The number of nitrogens with zero attached hydrogens (tertiary/aromatic N) is 1. The van der Waals surface area contributed by atoms with Gasteiger partial charge in [-0.3, -0.25) is 4.79 Å². The Morgan fingerprint density at radius 3 is 2.62 bits per heavy atom. The number of carbonyl (C=O) groups excluding carboxylic acids is 1. The van der Waals surface area contributed by atoms with Crippen LogP contribution in [0.3, 0.4) is 0 Å². The SMILES string of the molecule is CC(NC(=O)[C@H]1CCCCN1)c1cccc(N2CCCC2)c1.Cl.Cl. The molecule has 0 radical (unpaired) electrons. The van der Waals surface area contributed by atoms with E-state index in [4.69, 9.17) is 0 Å². The van der Waals surface area contributed by atoms with E-state index in [0.717, 1.165) is 32.5 Å². The van der Waals surface area contributed by atoms with Crippen molar-refractivity contribution in [1.82, 2.24) is 10.6 Å². The summed E-state index contributed by atoms with van der Waals surface area (Å²) in [4.78, 5) is 14.8. The van der Waals surface area contributed by atoms with Crippen molar-refractivity contribution in [3.63, 3.8) is 0 Å². The predicted octanol–water partition coefficient (Wildman–Crippen LogP) is 3.45. The van der Waals surface area contributed by atoms with Crippen LogP contribution in [-0.4, -0.2) is 31.6 Å². The van der Waals surface area contributed by atoms with Crippen molar-refractivity contribution in [3.8, 4) is 0 Å². The summed E-state index contributed by atoms with van der Waals surface area (Å²) in [7, 11) is 0. The molecule has 6 heteroatoms. The van der Waals surface area contributed by atoms with Gasteiger partial charge in [-0.1, -0.05) is 18.6 Å². The van der Waals surface area contributed by atoms with Crippen LogP contribution in [-0.2, 0) is 4.79 Å². The van der Waals surface area contributed by atoms with Crippen molar-refractivity contribution in [2.75, 3.05) is 24.5 Å². The summed E-state index contributed by atoms with van der Waals surface area (Å²) in [5.41, 5.74) is 2.47. The van der Waals surface area contributed by atoms with E-state index in [1.165, 1.54) is 30.5 Å². The monoisotopic (exact) mass is 373 g/mol. The summed E-state index contributed by atoms with van der Waals surface area (Å²) in [5, 5.41) is 6.48. The number of anilines is 1. The maximum absolute atomic E-state index is 12.3. The second-order valence-corrected chi connectivity index (χ2v) is 6.52. The van der Waals surface area contributed by atoms with E-state index in [2.05, 4.69) is 46.7 Å². The molecule has 1 unspecified atom stereocenters. The maximum Gasteiger partial charge on any atom is 0.237 e. The highest BCUT2D eigenvalue weighted by Crippen LogP contribution is 2.24. The van der Waals surface area contributed by atoms with Gasteiger partial charge in [0.05, 0.1) is 12.1 Å². The Bertz CT molecular complexity index is 515. The van der Waals surface area contributed by atoms with Gasteiger partial charge in [0.1, 0.15) is 0 Å². The van der Waals surface area contributed by atoms with Gasteiger partial charge in [0.15, 0.2) is 0 Å². The molecule has 2 fully saturated rings. The number of nitrogens with one attached hydrogen (secondary N) is 2. The second kappa shape index (κ2) is 10.1. The topological polar surface area (TPSA) is 44.4 Å². The van der Waals surface area contributed by atoms with Crippen molar-refractivity contribution >= 4 is 36.4 Å². The fourth-order valence-corrected chi connectivity index (χ4v) is 3.44. The molecule has 2 aliphatic heterocycles. The number of piperidine rings is 1. The molecular weight excluding hydrogens is 345 g/mol. The lowest BCUT2D eigenvalue weighted by molar-refractivity contribution is -0.124. The van der Waals surface area contributed by atoms with Crippen LogP contribution < -0.4 is 15.5 Å². The summed E-state index contributed by atoms with van der Waals surface area (Å²) in [6.07, 6.45) is 5.83. The highest BCUT2D eigenvalue weighted by Gasteiger charge is 2.22. The van der Waals surface area contributed by atoms with E-state index in [9.17, 15) is 4.79 Å². The Morgan fingerprint density at radius 2 is 1.96 bits per heavy atom. The van der Waals surface area contributed by atoms with E-state index in [1.54, 1.807) is 0 Å². The Labute approximate surface area is 157 Å². The highest BCUT2D eigenvalue weighted by atomic mass is 35.5. The molecule has 2 atom stereocenters. The van der Waals surface area contributed by atoms with Crippen LogP contribution in [0.25, 0.3) is 0 Å². The predicted molar refractivity (Wildman–Crippen MR) is 105 cm³/mol. The zero-order valence-electron chi connectivity index (χ0n) is 14.3. The number of hydrogen-bond donors (Lipinski definition) is 2. The van der Waals surface area contributed by atoms with Crippen molar-refractivity contribution in [1.29, 1.82) is 0 Å². The lowest BCUT2D eigenvalue weighted by atomic mass is 10.0. The van der Waals surface area contributed by atoms with Crippen LogP contribution >= 0.6 is 24.8 Å². The summed E-state index contributed by atoms with van der Waals surface area (Å²) in [5.74, 6) is 0.138. The van der Waals surface area contributed by atoms with Gasteiger partial charge in [-0.15, -0.1) is 24.8 Å². The van der Waals surface area contributed by atoms with E-state index in [1.807, 2.05) is 0 Å². The van der Waals surface area contributed by atoms with E-state index in [0.29, 0.717) is 0 Å². The molecule has 24 heavy (non-hydrogen) atoms. The van der Waals surface area contributed by atoms with Gasteiger partial charge in [-0.05, 0) is 56.8 Å². The van der Waals surface area contributed by atoms with Gasteiger partial charge < -0.3 is 15.5 Å². The molecule has 1 amide bonds. The van der Waals surface area contributed by atoms with Gasteiger partial charge in [0, 0.05) is 18.8 Å². The molecule has 0 aliphatic carbocycles. The lowest BCUT2D eigenvalue weighted by Gasteiger charge is -2.25. The average Bonchev–Trinajstić information content (AvgIpc) is 3.10. The molecule has 0 aromatic heterocycles. The molecule has 0 spiro atoms. The maximum atomic E-state index is 12.3. The van der Waals surface area contributed by atoms with Crippen LogP contribution in [0.4, 0.5) is 5.69 Å². The third kappa shape index (κ3) is 5.27. The zero-order valence-corrected chi connectivity index (χ0v) is 15.9. The number of halogens is 2. The number of carbonyl (C=O) groups is 1. The first-order chi connectivity index (χ1) is 10.7. The molecule has 136 valence electrons. The van der Waals surface area contributed by atoms with Crippen LogP contribution in [0.15, 0.2) is 24.3 Å². The molecular formula is C18H29Cl2N3O. The molecule has 2 N–H and O–H groups in total. The Hall–Kier alpha value is -0.970. The van der Waals surface area contributed by atoms with E-state index in [-0.39, 0.29) is 42.8 Å². The number of hydrogen-bond acceptors (Lipinski definition) is 3. The molecule has 0 saturated carbocycles. The number of rotatable bonds is 4. The molecule has 2 heterocycles. The van der Waals surface area contributed by atoms with Crippen LogP contribution in [0.2, 0.25) is 0 Å². The van der Waals surface area contributed by atoms with Crippen molar-refractivity contribution in [3.05, 3.63) is 29.8 Å². The molecule has 2 saturated heterocycles. The second-order valence-electron chi connectivity index (χ2n) is 6.52. The van der Waals surface area contributed by atoms with E-state index < -0.39 is 0 Å². The Morgan fingerprint density at radius 1 is 1.21 bits per heavy atom. The first kappa shape index (κ1) is 21.1. The average molecular weight is 374 g/mol. The minimum absolute atomic E-state index is 0. The molecule has 4 nitrogen and oxygen atoms in total. The Kier molecular flexibility index (Phi) is 8.88. The number of benzene rings is 1. The third-order valence-corrected chi connectivity index (χ3v) is 4.83. The zero-order chi connectivity index (χ0) is 15.4. The lowest BCUT2D eigenvalue weighted by Crippen LogP contribution is -2.47.